The summed E-state index contributed by atoms with van der Waals surface area (Å²) in [7, 11) is 1.55. The fourth-order valence-corrected chi connectivity index (χ4v) is 2.60. The zero-order chi connectivity index (χ0) is 13.4. The van der Waals surface area contributed by atoms with Gasteiger partial charge in [0.05, 0.1) is 18.5 Å². The van der Waals surface area contributed by atoms with Crippen molar-refractivity contribution in [3.63, 3.8) is 0 Å². The van der Waals surface area contributed by atoms with Crippen LogP contribution in [0.3, 0.4) is 0 Å². The third kappa shape index (κ3) is 2.00. The van der Waals surface area contributed by atoms with Gasteiger partial charge < -0.3 is 10.1 Å². The van der Waals surface area contributed by atoms with Gasteiger partial charge in [0.25, 0.3) is 0 Å². The number of rotatable bonds is 2. The van der Waals surface area contributed by atoms with E-state index >= 15 is 0 Å². The van der Waals surface area contributed by atoms with E-state index in [0.717, 1.165) is 36.7 Å². The third-order valence-corrected chi connectivity index (χ3v) is 3.44. The molecular formula is C14H16FN3O. The van der Waals surface area contributed by atoms with Crippen LogP contribution in [0.1, 0.15) is 17.2 Å². The van der Waals surface area contributed by atoms with E-state index in [1.807, 2.05) is 6.92 Å². The Balaban J connectivity index is 2.19. The van der Waals surface area contributed by atoms with Gasteiger partial charge in [0.1, 0.15) is 17.4 Å². The van der Waals surface area contributed by atoms with Gasteiger partial charge in [-0.25, -0.2) is 9.37 Å². The number of hydrogen-bond acceptors (Lipinski definition) is 3. The molecule has 4 nitrogen and oxygen atoms in total. The Hall–Kier alpha value is -1.88. The molecule has 0 atom stereocenters. The van der Waals surface area contributed by atoms with Crippen LogP contribution in [-0.2, 0) is 13.0 Å². The minimum Gasteiger partial charge on any atom is -0.494 e. The molecule has 1 aliphatic heterocycles. The van der Waals surface area contributed by atoms with Crippen molar-refractivity contribution in [3.8, 4) is 11.4 Å². The van der Waals surface area contributed by atoms with Crippen LogP contribution >= 0.6 is 0 Å². The zero-order valence-electron chi connectivity index (χ0n) is 11.0. The molecule has 2 heterocycles. The Morgan fingerprint density at radius 1 is 1.42 bits per heavy atom. The molecule has 2 aromatic rings. The van der Waals surface area contributed by atoms with Gasteiger partial charge in [0.15, 0.2) is 0 Å². The zero-order valence-corrected chi connectivity index (χ0v) is 11.0. The summed E-state index contributed by atoms with van der Waals surface area (Å²) < 4.78 is 20.7. The molecule has 0 amide bonds. The SMILES string of the molecule is COc1cc(F)ccc1-n1c(C)nc2c1CCNC2. The number of nitrogens with one attached hydrogen (secondary N) is 1. The van der Waals surface area contributed by atoms with E-state index < -0.39 is 0 Å². The van der Waals surface area contributed by atoms with Crippen LogP contribution < -0.4 is 10.1 Å². The van der Waals surface area contributed by atoms with Crippen LogP contribution in [0.5, 0.6) is 5.75 Å². The summed E-state index contributed by atoms with van der Waals surface area (Å²) in [6.07, 6.45) is 0.913. The standard InChI is InChI=1S/C14H16FN3O/c1-9-17-11-8-16-6-5-12(11)18(9)13-4-3-10(15)7-14(13)19-2/h3-4,7,16H,5-6,8H2,1-2H3. The second-order valence-electron chi connectivity index (χ2n) is 4.63. The van der Waals surface area contributed by atoms with Crippen molar-refractivity contribution in [2.75, 3.05) is 13.7 Å². The summed E-state index contributed by atoms with van der Waals surface area (Å²) in [5.41, 5.74) is 3.09. The molecule has 0 aliphatic carbocycles. The topological polar surface area (TPSA) is 39.1 Å². The second kappa shape index (κ2) is 4.66. The Morgan fingerprint density at radius 3 is 3.05 bits per heavy atom. The van der Waals surface area contributed by atoms with Crippen molar-refractivity contribution >= 4 is 0 Å². The van der Waals surface area contributed by atoms with Gasteiger partial charge in [-0.15, -0.1) is 0 Å². The van der Waals surface area contributed by atoms with Crippen molar-refractivity contribution in [1.82, 2.24) is 14.9 Å². The molecule has 0 fully saturated rings. The number of imidazole rings is 1. The van der Waals surface area contributed by atoms with E-state index in [0.29, 0.717) is 5.75 Å². The predicted octanol–water partition coefficient (Wildman–Crippen LogP) is 1.97. The van der Waals surface area contributed by atoms with Crippen molar-refractivity contribution in [1.29, 1.82) is 0 Å². The molecule has 0 unspecified atom stereocenters. The molecule has 0 radical (unpaired) electrons. The Kier molecular flexibility index (Phi) is 2.98. The molecule has 19 heavy (non-hydrogen) atoms. The van der Waals surface area contributed by atoms with Gasteiger partial charge in [0, 0.05) is 31.3 Å². The summed E-state index contributed by atoms with van der Waals surface area (Å²) in [6.45, 7) is 3.68. The highest BCUT2D eigenvalue weighted by atomic mass is 19.1. The molecule has 1 aromatic carbocycles. The molecule has 1 aromatic heterocycles. The van der Waals surface area contributed by atoms with E-state index in [9.17, 15) is 4.39 Å². The highest BCUT2D eigenvalue weighted by Crippen LogP contribution is 2.28. The van der Waals surface area contributed by atoms with E-state index in [2.05, 4.69) is 14.9 Å². The lowest BCUT2D eigenvalue weighted by molar-refractivity contribution is 0.408. The summed E-state index contributed by atoms with van der Waals surface area (Å²) >= 11 is 0. The number of ether oxygens (including phenoxy) is 1. The van der Waals surface area contributed by atoms with E-state index in [-0.39, 0.29) is 5.82 Å². The lowest BCUT2D eigenvalue weighted by Gasteiger charge is -2.17. The lowest BCUT2D eigenvalue weighted by Crippen LogP contribution is -2.24. The number of halogens is 1. The van der Waals surface area contributed by atoms with E-state index in [4.69, 9.17) is 4.74 Å². The van der Waals surface area contributed by atoms with Gasteiger partial charge >= 0.3 is 0 Å². The number of benzene rings is 1. The largest absolute Gasteiger partial charge is 0.494 e. The molecule has 0 bridgehead atoms. The van der Waals surface area contributed by atoms with Crippen LogP contribution in [0.2, 0.25) is 0 Å². The van der Waals surface area contributed by atoms with Crippen molar-refractivity contribution in [2.24, 2.45) is 0 Å². The normalized spacial score (nSPS) is 14.3. The van der Waals surface area contributed by atoms with Crippen LogP contribution in [-0.4, -0.2) is 23.2 Å². The summed E-state index contributed by atoms with van der Waals surface area (Å²) in [5.74, 6) is 1.13. The fraction of sp³-hybridized carbons (Fsp3) is 0.357. The van der Waals surface area contributed by atoms with Crippen LogP contribution in [0.4, 0.5) is 4.39 Å². The van der Waals surface area contributed by atoms with Crippen molar-refractivity contribution < 1.29 is 9.13 Å². The van der Waals surface area contributed by atoms with E-state index in [1.54, 1.807) is 13.2 Å². The average molecular weight is 261 g/mol. The molecular weight excluding hydrogens is 245 g/mol. The summed E-state index contributed by atoms with van der Waals surface area (Å²) in [5, 5.41) is 3.30. The predicted molar refractivity (Wildman–Crippen MR) is 70.2 cm³/mol. The maximum atomic E-state index is 13.3. The number of aromatic nitrogens is 2. The van der Waals surface area contributed by atoms with E-state index in [1.165, 1.54) is 17.8 Å². The first-order valence-electron chi connectivity index (χ1n) is 6.32. The number of aryl methyl sites for hydroxylation is 1. The van der Waals surface area contributed by atoms with Crippen molar-refractivity contribution in [3.05, 3.63) is 41.2 Å². The first-order chi connectivity index (χ1) is 9.20. The number of nitrogens with zero attached hydrogens (tertiary/aromatic N) is 2. The quantitative estimate of drug-likeness (QED) is 0.898. The Bertz CT molecular complexity index is 621. The van der Waals surface area contributed by atoms with Gasteiger partial charge in [-0.2, -0.15) is 0 Å². The Labute approximate surface area is 111 Å². The molecule has 1 aliphatic rings. The van der Waals surface area contributed by atoms with Crippen LogP contribution in [0.15, 0.2) is 18.2 Å². The van der Waals surface area contributed by atoms with Gasteiger partial charge in [0.2, 0.25) is 0 Å². The number of methoxy groups -OCH3 is 1. The highest BCUT2D eigenvalue weighted by molar-refractivity contribution is 5.50. The Morgan fingerprint density at radius 2 is 2.26 bits per heavy atom. The van der Waals surface area contributed by atoms with Crippen molar-refractivity contribution in [2.45, 2.75) is 19.9 Å². The first kappa shape index (κ1) is 12.2. The number of fused-ring (bicyclic) bond motifs is 1. The first-order valence-corrected chi connectivity index (χ1v) is 6.32. The van der Waals surface area contributed by atoms with Crippen LogP contribution in [0.25, 0.3) is 5.69 Å². The average Bonchev–Trinajstić information content (AvgIpc) is 2.74. The third-order valence-electron chi connectivity index (χ3n) is 3.44. The lowest BCUT2D eigenvalue weighted by atomic mass is 10.1. The van der Waals surface area contributed by atoms with Gasteiger partial charge in [-0.05, 0) is 19.1 Å². The maximum Gasteiger partial charge on any atom is 0.145 e. The minimum atomic E-state index is -0.297. The molecule has 0 saturated carbocycles. The van der Waals surface area contributed by atoms with Gasteiger partial charge in [-0.1, -0.05) is 0 Å². The summed E-state index contributed by atoms with van der Waals surface area (Å²) in [6, 6.07) is 4.60. The molecule has 100 valence electrons. The van der Waals surface area contributed by atoms with Crippen LogP contribution in [0, 0.1) is 12.7 Å². The molecule has 0 spiro atoms. The number of hydrogen-bond donors (Lipinski definition) is 1. The molecule has 1 N–H and O–H groups in total. The second-order valence-corrected chi connectivity index (χ2v) is 4.63. The minimum absolute atomic E-state index is 0.297. The fourth-order valence-electron chi connectivity index (χ4n) is 2.60. The van der Waals surface area contributed by atoms with Gasteiger partial charge in [-0.3, -0.25) is 4.57 Å². The molecule has 5 heteroatoms. The monoisotopic (exact) mass is 261 g/mol. The maximum absolute atomic E-state index is 13.3. The summed E-state index contributed by atoms with van der Waals surface area (Å²) in [4.78, 5) is 4.58. The molecule has 3 rings (SSSR count). The highest BCUT2D eigenvalue weighted by Gasteiger charge is 2.20. The smallest absolute Gasteiger partial charge is 0.145 e. The molecule has 0 saturated heterocycles.